The summed E-state index contributed by atoms with van der Waals surface area (Å²) in [4.78, 5) is 10.3. The third kappa shape index (κ3) is 2.38. The van der Waals surface area contributed by atoms with Crippen LogP contribution in [0.25, 0.3) is 0 Å². The Kier molecular flexibility index (Phi) is 3.11. The summed E-state index contributed by atoms with van der Waals surface area (Å²) in [6.45, 7) is 0.198. The number of hydrogen-bond acceptors (Lipinski definition) is 7. The Morgan fingerprint density at radius 1 is 1.56 bits per heavy atom. The second-order valence-electron chi connectivity index (χ2n) is 3.28. The van der Waals surface area contributed by atoms with Crippen molar-refractivity contribution in [3.8, 4) is 6.07 Å². The number of tetrazole rings is 1. The van der Waals surface area contributed by atoms with Crippen LogP contribution in [0.3, 0.4) is 0 Å². The van der Waals surface area contributed by atoms with Gasteiger partial charge in [-0.25, -0.2) is 0 Å². The molecule has 0 unspecified atom stereocenters. The third-order valence-electron chi connectivity index (χ3n) is 2.15. The number of nitro benzene ring substituents is 1. The average Bonchev–Trinajstić information content (AvgIpc) is 2.89. The van der Waals surface area contributed by atoms with E-state index in [0.717, 1.165) is 0 Å². The van der Waals surface area contributed by atoms with Gasteiger partial charge >= 0.3 is 0 Å². The molecule has 0 radical (unpaired) electrons. The number of hydrogen-bond donors (Lipinski definition) is 2. The van der Waals surface area contributed by atoms with E-state index in [-0.39, 0.29) is 17.8 Å². The first-order chi connectivity index (χ1) is 8.70. The Morgan fingerprint density at radius 2 is 2.39 bits per heavy atom. The van der Waals surface area contributed by atoms with Crippen LogP contribution in [-0.2, 0) is 6.54 Å². The zero-order valence-electron chi connectivity index (χ0n) is 8.99. The van der Waals surface area contributed by atoms with E-state index in [1.54, 1.807) is 0 Å². The zero-order chi connectivity index (χ0) is 13.0. The van der Waals surface area contributed by atoms with Crippen LogP contribution >= 0.6 is 0 Å². The van der Waals surface area contributed by atoms with Gasteiger partial charge in [0.15, 0.2) is 5.82 Å². The monoisotopic (exact) mass is 245 g/mol. The number of H-pyrrole nitrogens is 1. The lowest BCUT2D eigenvalue weighted by Gasteiger charge is -2.04. The SMILES string of the molecule is N#Cc1ccc(NCc2nn[nH]n2)c([N+](=O)[O-])c1. The normalized spacial score (nSPS) is 9.72. The van der Waals surface area contributed by atoms with Crippen LogP contribution in [0.15, 0.2) is 18.2 Å². The highest BCUT2D eigenvalue weighted by molar-refractivity contribution is 5.63. The van der Waals surface area contributed by atoms with E-state index in [2.05, 4.69) is 25.9 Å². The molecule has 0 amide bonds. The zero-order valence-corrected chi connectivity index (χ0v) is 8.99. The molecule has 9 heteroatoms. The van der Waals surface area contributed by atoms with Gasteiger partial charge in [-0.15, -0.1) is 10.2 Å². The molecular weight excluding hydrogens is 238 g/mol. The van der Waals surface area contributed by atoms with E-state index in [4.69, 9.17) is 5.26 Å². The number of anilines is 1. The van der Waals surface area contributed by atoms with Crippen molar-refractivity contribution in [1.29, 1.82) is 5.26 Å². The second-order valence-corrected chi connectivity index (χ2v) is 3.28. The lowest BCUT2D eigenvalue weighted by Crippen LogP contribution is -2.04. The number of rotatable bonds is 4. The first-order valence-corrected chi connectivity index (χ1v) is 4.85. The highest BCUT2D eigenvalue weighted by atomic mass is 16.6. The van der Waals surface area contributed by atoms with Crippen molar-refractivity contribution in [3.05, 3.63) is 39.7 Å². The van der Waals surface area contributed by atoms with Gasteiger partial charge in [0, 0.05) is 6.07 Å². The molecular formula is C9H7N7O2. The standard InChI is InChI=1S/C9H7N7O2/c10-4-6-1-2-7(8(3-6)16(17)18)11-5-9-12-14-15-13-9/h1-3,11H,5H2,(H,12,13,14,15). The molecule has 0 aliphatic carbocycles. The van der Waals surface area contributed by atoms with Gasteiger partial charge in [-0.1, -0.05) is 5.21 Å². The summed E-state index contributed by atoms with van der Waals surface area (Å²) in [6, 6.07) is 6.01. The van der Waals surface area contributed by atoms with Crippen LogP contribution in [0, 0.1) is 21.4 Å². The van der Waals surface area contributed by atoms with Gasteiger partial charge in [-0.2, -0.15) is 10.5 Å². The molecule has 1 heterocycles. The fourth-order valence-electron chi connectivity index (χ4n) is 1.33. The van der Waals surface area contributed by atoms with E-state index in [1.807, 2.05) is 6.07 Å². The van der Waals surface area contributed by atoms with Gasteiger partial charge < -0.3 is 5.32 Å². The molecule has 1 aromatic carbocycles. The maximum Gasteiger partial charge on any atom is 0.293 e. The number of aromatic nitrogens is 4. The molecule has 1 aromatic heterocycles. The third-order valence-corrected chi connectivity index (χ3v) is 2.15. The van der Waals surface area contributed by atoms with Crippen molar-refractivity contribution in [2.45, 2.75) is 6.54 Å². The molecule has 2 N–H and O–H groups in total. The molecule has 2 rings (SSSR count). The van der Waals surface area contributed by atoms with E-state index in [1.165, 1.54) is 18.2 Å². The summed E-state index contributed by atoms with van der Waals surface area (Å²) < 4.78 is 0. The molecule has 2 aromatic rings. The number of nitro groups is 1. The largest absolute Gasteiger partial charge is 0.372 e. The van der Waals surface area contributed by atoms with Crippen molar-refractivity contribution in [2.75, 3.05) is 5.32 Å². The van der Waals surface area contributed by atoms with Crippen LogP contribution < -0.4 is 5.32 Å². The summed E-state index contributed by atoms with van der Waals surface area (Å²) in [5.74, 6) is 0.383. The minimum absolute atomic E-state index is 0.169. The first-order valence-electron chi connectivity index (χ1n) is 4.85. The predicted molar refractivity (Wildman–Crippen MR) is 59.3 cm³/mol. The second kappa shape index (κ2) is 4.88. The van der Waals surface area contributed by atoms with Gasteiger partial charge in [-0.05, 0) is 12.1 Å². The molecule has 0 saturated carbocycles. The van der Waals surface area contributed by atoms with Gasteiger partial charge in [0.1, 0.15) is 5.69 Å². The van der Waals surface area contributed by atoms with Crippen LogP contribution in [0.2, 0.25) is 0 Å². The van der Waals surface area contributed by atoms with Gasteiger partial charge in [0.2, 0.25) is 0 Å². The van der Waals surface area contributed by atoms with E-state index in [9.17, 15) is 10.1 Å². The summed E-state index contributed by atoms with van der Waals surface area (Å²) in [6.07, 6.45) is 0. The van der Waals surface area contributed by atoms with Crippen LogP contribution in [0.5, 0.6) is 0 Å². The molecule has 90 valence electrons. The molecule has 0 aliphatic heterocycles. The molecule has 18 heavy (non-hydrogen) atoms. The Balaban J connectivity index is 2.22. The summed E-state index contributed by atoms with van der Waals surface area (Å²) in [5, 5.41) is 35.4. The lowest BCUT2D eigenvalue weighted by molar-refractivity contribution is -0.384. The fourth-order valence-corrected chi connectivity index (χ4v) is 1.33. The molecule has 0 fully saturated rings. The van der Waals surface area contributed by atoms with E-state index in [0.29, 0.717) is 11.5 Å². The van der Waals surface area contributed by atoms with E-state index < -0.39 is 4.92 Å². The fraction of sp³-hybridized carbons (Fsp3) is 0.111. The quantitative estimate of drug-likeness (QED) is 0.594. The van der Waals surface area contributed by atoms with Crippen molar-refractivity contribution >= 4 is 11.4 Å². The molecule has 0 spiro atoms. The Labute approximate surface area is 101 Å². The van der Waals surface area contributed by atoms with Crippen molar-refractivity contribution in [3.63, 3.8) is 0 Å². The van der Waals surface area contributed by atoms with Crippen molar-refractivity contribution in [1.82, 2.24) is 20.6 Å². The minimum Gasteiger partial charge on any atom is -0.372 e. The minimum atomic E-state index is -0.556. The number of nitriles is 1. The highest BCUT2D eigenvalue weighted by Gasteiger charge is 2.14. The van der Waals surface area contributed by atoms with Gasteiger partial charge in [0.05, 0.1) is 23.1 Å². The Morgan fingerprint density at radius 3 is 3.00 bits per heavy atom. The molecule has 0 aliphatic rings. The summed E-state index contributed by atoms with van der Waals surface area (Å²) in [7, 11) is 0. The molecule has 9 nitrogen and oxygen atoms in total. The summed E-state index contributed by atoms with van der Waals surface area (Å²) >= 11 is 0. The summed E-state index contributed by atoms with van der Waals surface area (Å²) in [5.41, 5.74) is 0.355. The van der Waals surface area contributed by atoms with E-state index >= 15 is 0 Å². The maximum absolute atomic E-state index is 10.9. The smallest absolute Gasteiger partial charge is 0.293 e. The number of nitrogens with zero attached hydrogens (tertiary/aromatic N) is 5. The Hall–Kier alpha value is -3.02. The molecule has 0 atom stereocenters. The van der Waals surface area contributed by atoms with Crippen LogP contribution in [0.1, 0.15) is 11.4 Å². The van der Waals surface area contributed by atoms with Gasteiger partial charge in [-0.3, -0.25) is 10.1 Å². The predicted octanol–water partition coefficient (Wildman–Crippen LogP) is 0.592. The molecule has 0 bridgehead atoms. The number of nitrogens with one attached hydrogen (secondary N) is 2. The van der Waals surface area contributed by atoms with Crippen LogP contribution in [0.4, 0.5) is 11.4 Å². The topological polar surface area (TPSA) is 133 Å². The van der Waals surface area contributed by atoms with Crippen molar-refractivity contribution < 1.29 is 4.92 Å². The number of aromatic amines is 1. The Bertz CT molecular complexity index is 602. The van der Waals surface area contributed by atoms with Crippen LogP contribution in [-0.4, -0.2) is 25.5 Å². The molecule has 0 saturated heterocycles. The highest BCUT2D eigenvalue weighted by Crippen LogP contribution is 2.25. The lowest BCUT2D eigenvalue weighted by atomic mass is 10.2. The van der Waals surface area contributed by atoms with Gasteiger partial charge in [0.25, 0.3) is 5.69 Å². The maximum atomic E-state index is 10.9. The average molecular weight is 245 g/mol. The number of benzene rings is 1. The van der Waals surface area contributed by atoms with Crippen molar-refractivity contribution in [2.24, 2.45) is 0 Å². The first kappa shape index (κ1) is 11.5.